The van der Waals surface area contributed by atoms with E-state index >= 15 is 0 Å². The van der Waals surface area contributed by atoms with E-state index in [2.05, 4.69) is 19.2 Å². The smallest absolute Gasteiger partial charge is 0.252 e. The summed E-state index contributed by atoms with van der Waals surface area (Å²) in [4.78, 5) is 15.0. The Bertz CT molecular complexity index is 473. The van der Waals surface area contributed by atoms with Gasteiger partial charge in [-0.1, -0.05) is 6.92 Å². The van der Waals surface area contributed by atoms with Crippen LogP contribution in [-0.2, 0) is 12.8 Å². The normalized spacial score (nSPS) is 22.7. The largest absolute Gasteiger partial charge is 0.352 e. The molecular weight excluding hydrogens is 242 g/mol. The highest BCUT2D eigenvalue weighted by Crippen LogP contribution is 2.36. The number of carbonyl (C=O) groups excluding carboxylic acids is 1. The van der Waals surface area contributed by atoms with Crippen molar-refractivity contribution in [3.63, 3.8) is 0 Å². The Balaban J connectivity index is 1.81. The Hall–Kier alpha value is -0.830. The second kappa shape index (κ2) is 4.69. The maximum atomic E-state index is 12.3. The van der Waals surface area contributed by atoms with Crippen LogP contribution in [0.4, 0.5) is 0 Å². The second-order valence-electron chi connectivity index (χ2n) is 5.94. The number of rotatable bonds is 3. The van der Waals surface area contributed by atoms with Gasteiger partial charge in [0.2, 0.25) is 0 Å². The van der Waals surface area contributed by atoms with E-state index in [1.54, 1.807) is 0 Å². The molecule has 0 spiro atoms. The van der Waals surface area contributed by atoms with Crippen LogP contribution in [0, 0.1) is 18.8 Å². The summed E-state index contributed by atoms with van der Waals surface area (Å²) in [5.74, 6) is 1.65. The molecule has 2 aliphatic carbocycles. The van der Waals surface area contributed by atoms with Gasteiger partial charge in [-0.25, -0.2) is 0 Å². The number of amides is 1. The third-order valence-electron chi connectivity index (χ3n) is 4.16. The number of fused-ring (bicyclic) bond motifs is 1. The number of nitrogens with one attached hydrogen (secondary N) is 1. The SMILES string of the molecule is Cc1sc2c(c1C(=O)NCC1CC1)CC(C)CC2. The highest BCUT2D eigenvalue weighted by atomic mass is 32.1. The van der Waals surface area contributed by atoms with Gasteiger partial charge in [-0.3, -0.25) is 4.79 Å². The fourth-order valence-electron chi connectivity index (χ4n) is 2.84. The predicted molar refractivity (Wildman–Crippen MR) is 75.3 cm³/mol. The van der Waals surface area contributed by atoms with Crippen molar-refractivity contribution in [1.29, 1.82) is 0 Å². The molecule has 3 rings (SSSR count). The van der Waals surface area contributed by atoms with Crippen molar-refractivity contribution in [2.75, 3.05) is 6.54 Å². The lowest BCUT2D eigenvalue weighted by Crippen LogP contribution is -2.27. The number of aryl methyl sites for hydroxylation is 2. The Morgan fingerprint density at radius 2 is 2.17 bits per heavy atom. The van der Waals surface area contributed by atoms with Crippen molar-refractivity contribution in [3.05, 3.63) is 20.9 Å². The summed E-state index contributed by atoms with van der Waals surface area (Å²) in [5, 5.41) is 3.12. The molecule has 0 bridgehead atoms. The van der Waals surface area contributed by atoms with Crippen LogP contribution < -0.4 is 5.32 Å². The molecular formula is C15H21NOS. The third-order valence-corrected chi connectivity index (χ3v) is 5.37. The van der Waals surface area contributed by atoms with Crippen LogP contribution in [0.1, 0.15) is 51.9 Å². The van der Waals surface area contributed by atoms with E-state index in [4.69, 9.17) is 0 Å². The number of hydrogen-bond acceptors (Lipinski definition) is 2. The van der Waals surface area contributed by atoms with Crippen molar-refractivity contribution in [2.24, 2.45) is 11.8 Å². The molecule has 18 heavy (non-hydrogen) atoms. The van der Waals surface area contributed by atoms with Gasteiger partial charge >= 0.3 is 0 Å². The van der Waals surface area contributed by atoms with E-state index in [1.807, 2.05) is 11.3 Å². The van der Waals surface area contributed by atoms with Crippen LogP contribution in [0.15, 0.2) is 0 Å². The molecule has 2 nitrogen and oxygen atoms in total. The second-order valence-corrected chi connectivity index (χ2v) is 7.25. The quantitative estimate of drug-likeness (QED) is 0.890. The molecule has 2 aliphatic rings. The van der Waals surface area contributed by atoms with E-state index < -0.39 is 0 Å². The van der Waals surface area contributed by atoms with E-state index in [0.29, 0.717) is 0 Å². The minimum atomic E-state index is 0.172. The topological polar surface area (TPSA) is 29.1 Å². The van der Waals surface area contributed by atoms with Gasteiger partial charge in [0.15, 0.2) is 0 Å². The van der Waals surface area contributed by atoms with Gasteiger partial charge in [0.1, 0.15) is 0 Å². The first-order valence-electron chi connectivity index (χ1n) is 7.04. The average molecular weight is 263 g/mol. The summed E-state index contributed by atoms with van der Waals surface area (Å²) in [6, 6.07) is 0. The van der Waals surface area contributed by atoms with E-state index in [9.17, 15) is 4.79 Å². The molecule has 1 aromatic rings. The maximum absolute atomic E-state index is 12.3. The molecule has 0 radical (unpaired) electrons. The van der Waals surface area contributed by atoms with E-state index in [-0.39, 0.29) is 5.91 Å². The first-order chi connectivity index (χ1) is 8.65. The minimum Gasteiger partial charge on any atom is -0.352 e. The van der Waals surface area contributed by atoms with Crippen molar-refractivity contribution in [2.45, 2.75) is 46.0 Å². The van der Waals surface area contributed by atoms with Crippen molar-refractivity contribution >= 4 is 17.2 Å². The summed E-state index contributed by atoms with van der Waals surface area (Å²) < 4.78 is 0. The first kappa shape index (κ1) is 12.2. The van der Waals surface area contributed by atoms with Crippen molar-refractivity contribution in [3.8, 4) is 0 Å². The monoisotopic (exact) mass is 263 g/mol. The molecule has 98 valence electrons. The summed E-state index contributed by atoms with van der Waals surface area (Å²) in [5.41, 5.74) is 2.35. The van der Waals surface area contributed by atoms with Gasteiger partial charge < -0.3 is 5.32 Å². The van der Waals surface area contributed by atoms with E-state index in [1.165, 1.54) is 34.6 Å². The fraction of sp³-hybridized carbons (Fsp3) is 0.667. The van der Waals surface area contributed by atoms with Gasteiger partial charge in [0, 0.05) is 16.3 Å². The average Bonchev–Trinajstić information content (AvgIpc) is 3.09. The molecule has 1 aromatic heterocycles. The van der Waals surface area contributed by atoms with Gasteiger partial charge in [-0.15, -0.1) is 11.3 Å². The molecule has 1 heterocycles. The molecule has 0 aliphatic heterocycles. The fourth-order valence-corrected chi connectivity index (χ4v) is 4.06. The zero-order valence-electron chi connectivity index (χ0n) is 11.2. The summed E-state index contributed by atoms with van der Waals surface area (Å²) >= 11 is 1.84. The minimum absolute atomic E-state index is 0.172. The van der Waals surface area contributed by atoms with Crippen molar-refractivity contribution < 1.29 is 4.79 Å². The van der Waals surface area contributed by atoms with Gasteiger partial charge in [-0.05, 0) is 56.4 Å². The number of hydrogen-bond donors (Lipinski definition) is 1. The highest BCUT2D eigenvalue weighted by Gasteiger charge is 2.27. The number of thiophene rings is 1. The maximum Gasteiger partial charge on any atom is 0.252 e. The molecule has 1 N–H and O–H groups in total. The third kappa shape index (κ3) is 2.33. The molecule has 1 amide bonds. The predicted octanol–water partition coefficient (Wildman–Crippen LogP) is 3.32. The summed E-state index contributed by atoms with van der Waals surface area (Å²) in [6.45, 7) is 5.26. The Morgan fingerprint density at radius 1 is 1.39 bits per heavy atom. The first-order valence-corrected chi connectivity index (χ1v) is 7.86. The lowest BCUT2D eigenvalue weighted by molar-refractivity contribution is 0.0950. The van der Waals surface area contributed by atoms with Crippen LogP contribution >= 0.6 is 11.3 Å². The standard InChI is InChI=1S/C15H21NOS/c1-9-3-6-13-12(7-9)14(10(2)18-13)15(17)16-8-11-4-5-11/h9,11H,3-8H2,1-2H3,(H,16,17). The zero-order chi connectivity index (χ0) is 12.7. The molecule has 1 unspecified atom stereocenters. The van der Waals surface area contributed by atoms with Crippen LogP contribution in [0.5, 0.6) is 0 Å². The molecule has 1 fully saturated rings. The van der Waals surface area contributed by atoms with Gasteiger partial charge in [0.05, 0.1) is 5.56 Å². The number of carbonyl (C=O) groups is 1. The van der Waals surface area contributed by atoms with Crippen LogP contribution in [0.3, 0.4) is 0 Å². The lowest BCUT2D eigenvalue weighted by Gasteiger charge is -2.19. The van der Waals surface area contributed by atoms with Crippen LogP contribution in [-0.4, -0.2) is 12.5 Å². The zero-order valence-corrected chi connectivity index (χ0v) is 12.0. The van der Waals surface area contributed by atoms with Crippen molar-refractivity contribution in [1.82, 2.24) is 5.32 Å². The Labute approximate surface area is 113 Å². The van der Waals surface area contributed by atoms with Crippen LogP contribution in [0.25, 0.3) is 0 Å². The van der Waals surface area contributed by atoms with Crippen LogP contribution in [0.2, 0.25) is 0 Å². The molecule has 0 aromatic carbocycles. The van der Waals surface area contributed by atoms with Gasteiger partial charge in [-0.2, -0.15) is 0 Å². The Kier molecular flexibility index (Phi) is 3.18. The summed E-state index contributed by atoms with van der Waals surface area (Å²) in [6.07, 6.45) is 6.11. The van der Waals surface area contributed by atoms with Gasteiger partial charge in [0.25, 0.3) is 5.91 Å². The van der Waals surface area contributed by atoms with E-state index in [0.717, 1.165) is 36.8 Å². The lowest BCUT2D eigenvalue weighted by atomic mass is 9.87. The summed E-state index contributed by atoms with van der Waals surface area (Å²) in [7, 11) is 0. The molecule has 3 heteroatoms. The Morgan fingerprint density at radius 3 is 2.89 bits per heavy atom. The molecule has 0 saturated heterocycles. The highest BCUT2D eigenvalue weighted by molar-refractivity contribution is 7.12. The molecule has 1 atom stereocenters. The molecule has 1 saturated carbocycles.